The maximum Gasteiger partial charge on any atom is 0.244 e. The van der Waals surface area contributed by atoms with Gasteiger partial charge in [-0.3, -0.25) is 0 Å². The van der Waals surface area contributed by atoms with Crippen LogP contribution in [0.4, 0.5) is 5.82 Å². The number of rotatable bonds is 4. The Morgan fingerprint density at radius 1 is 1.44 bits per heavy atom. The molecule has 18 heavy (non-hydrogen) atoms. The van der Waals surface area contributed by atoms with Gasteiger partial charge in [0, 0.05) is 39.3 Å². The van der Waals surface area contributed by atoms with Gasteiger partial charge in [0.05, 0.1) is 0 Å². The minimum Gasteiger partial charge on any atom is -0.356 e. The highest BCUT2D eigenvalue weighted by molar-refractivity contribution is 7.89. The predicted octanol–water partition coefficient (Wildman–Crippen LogP) is -0.273. The third-order valence-electron chi connectivity index (χ3n) is 3.11. The molecule has 0 aliphatic carbocycles. The van der Waals surface area contributed by atoms with Crippen molar-refractivity contribution in [2.75, 3.05) is 38.6 Å². The molecule has 0 saturated carbocycles. The number of pyridine rings is 1. The zero-order chi connectivity index (χ0) is 13.3. The van der Waals surface area contributed by atoms with Gasteiger partial charge < -0.3 is 10.6 Å². The van der Waals surface area contributed by atoms with Gasteiger partial charge in [-0.1, -0.05) is 0 Å². The smallest absolute Gasteiger partial charge is 0.244 e. The van der Waals surface area contributed by atoms with E-state index in [0.29, 0.717) is 12.5 Å². The van der Waals surface area contributed by atoms with Gasteiger partial charge in [-0.15, -0.1) is 0 Å². The molecule has 7 heteroatoms. The van der Waals surface area contributed by atoms with Gasteiger partial charge in [-0.25, -0.2) is 17.7 Å². The lowest BCUT2D eigenvalue weighted by Gasteiger charge is -2.39. The number of hydrogen-bond acceptors (Lipinski definition) is 5. The molecule has 1 fully saturated rings. The Hall–Kier alpha value is -1.18. The molecule has 0 atom stereocenters. The van der Waals surface area contributed by atoms with E-state index in [0.717, 1.165) is 18.9 Å². The first-order valence-electron chi connectivity index (χ1n) is 5.78. The first kappa shape index (κ1) is 13.3. The fourth-order valence-corrected chi connectivity index (χ4v) is 2.68. The number of anilines is 1. The summed E-state index contributed by atoms with van der Waals surface area (Å²) < 4.78 is 24.9. The molecule has 1 aliphatic rings. The van der Waals surface area contributed by atoms with Crippen molar-refractivity contribution in [1.82, 2.24) is 9.29 Å². The van der Waals surface area contributed by atoms with E-state index >= 15 is 0 Å². The van der Waals surface area contributed by atoms with Crippen LogP contribution in [0.1, 0.15) is 0 Å². The molecule has 1 aliphatic heterocycles. The molecule has 0 radical (unpaired) electrons. The van der Waals surface area contributed by atoms with Crippen molar-refractivity contribution in [3.05, 3.63) is 18.3 Å². The molecule has 1 aromatic heterocycles. The summed E-state index contributed by atoms with van der Waals surface area (Å²) in [5.74, 6) is 1.33. The second-order valence-electron chi connectivity index (χ2n) is 4.65. The lowest BCUT2D eigenvalue weighted by Crippen LogP contribution is -2.50. The van der Waals surface area contributed by atoms with Gasteiger partial charge >= 0.3 is 0 Å². The van der Waals surface area contributed by atoms with Crippen LogP contribution in [0.3, 0.4) is 0 Å². The van der Waals surface area contributed by atoms with Crippen LogP contribution in [-0.4, -0.2) is 51.4 Å². The second kappa shape index (κ2) is 4.83. The van der Waals surface area contributed by atoms with Crippen LogP contribution in [0.15, 0.2) is 23.2 Å². The van der Waals surface area contributed by atoms with E-state index < -0.39 is 10.0 Å². The van der Waals surface area contributed by atoms with E-state index in [1.807, 2.05) is 0 Å². The van der Waals surface area contributed by atoms with E-state index in [1.165, 1.54) is 24.6 Å². The van der Waals surface area contributed by atoms with E-state index in [2.05, 4.69) is 9.88 Å². The molecular formula is C11H18N4O2S. The summed E-state index contributed by atoms with van der Waals surface area (Å²) in [5, 5.41) is 0. The van der Waals surface area contributed by atoms with Crippen LogP contribution in [-0.2, 0) is 10.0 Å². The first-order valence-corrected chi connectivity index (χ1v) is 7.22. The zero-order valence-electron chi connectivity index (χ0n) is 10.6. The van der Waals surface area contributed by atoms with Crippen LogP contribution in [0.25, 0.3) is 0 Å². The molecular weight excluding hydrogens is 252 g/mol. The van der Waals surface area contributed by atoms with E-state index in [1.54, 1.807) is 12.1 Å². The lowest BCUT2D eigenvalue weighted by atomic mass is 10.0. The molecule has 2 N–H and O–H groups in total. The van der Waals surface area contributed by atoms with E-state index in [-0.39, 0.29) is 4.90 Å². The Kier molecular flexibility index (Phi) is 3.56. The molecule has 0 unspecified atom stereocenters. The Morgan fingerprint density at radius 3 is 2.56 bits per heavy atom. The Labute approximate surface area is 107 Å². The summed E-state index contributed by atoms with van der Waals surface area (Å²) in [6, 6.07) is 3.33. The number of nitrogens with zero attached hydrogens (tertiary/aromatic N) is 3. The Bertz CT molecular complexity index is 506. The molecule has 1 aromatic rings. The molecule has 0 aromatic carbocycles. The molecule has 100 valence electrons. The minimum atomic E-state index is -3.39. The van der Waals surface area contributed by atoms with Gasteiger partial charge in [-0.05, 0) is 18.7 Å². The van der Waals surface area contributed by atoms with Gasteiger partial charge in [-0.2, -0.15) is 0 Å². The number of nitrogens with two attached hydrogens (primary N) is 1. The highest BCUT2D eigenvalue weighted by Crippen LogP contribution is 2.23. The molecule has 6 nitrogen and oxygen atoms in total. The summed E-state index contributed by atoms with van der Waals surface area (Å²) in [6.07, 6.45) is 1.40. The normalized spacial score (nSPS) is 17.0. The van der Waals surface area contributed by atoms with Gasteiger partial charge in [0.1, 0.15) is 10.7 Å². The topological polar surface area (TPSA) is 79.5 Å². The first-order chi connectivity index (χ1) is 8.45. The fourth-order valence-electron chi connectivity index (χ4n) is 1.83. The van der Waals surface area contributed by atoms with Crippen molar-refractivity contribution in [3.8, 4) is 0 Å². The average Bonchev–Trinajstić information content (AvgIpc) is 2.28. The maximum atomic E-state index is 11.9. The molecule has 2 heterocycles. The van der Waals surface area contributed by atoms with Crippen molar-refractivity contribution in [1.29, 1.82) is 0 Å². The standard InChI is InChI=1S/C11H18N4O2S/c1-14(2)18(16,17)10-3-4-11(13-6-10)15-7-9(5-12)8-15/h3-4,6,9H,5,7-8,12H2,1-2H3. The predicted molar refractivity (Wildman–Crippen MR) is 69.9 cm³/mol. The third-order valence-corrected chi connectivity index (χ3v) is 4.91. The molecule has 2 rings (SSSR count). The van der Waals surface area contributed by atoms with Crippen molar-refractivity contribution in [3.63, 3.8) is 0 Å². The SMILES string of the molecule is CN(C)S(=O)(=O)c1ccc(N2CC(CN)C2)nc1. The van der Waals surface area contributed by atoms with Crippen molar-refractivity contribution >= 4 is 15.8 Å². The zero-order valence-corrected chi connectivity index (χ0v) is 11.4. The van der Waals surface area contributed by atoms with Crippen LogP contribution in [0, 0.1) is 5.92 Å². The highest BCUT2D eigenvalue weighted by atomic mass is 32.2. The van der Waals surface area contributed by atoms with Crippen LogP contribution >= 0.6 is 0 Å². The second-order valence-corrected chi connectivity index (χ2v) is 6.80. The molecule has 1 saturated heterocycles. The summed E-state index contributed by atoms with van der Waals surface area (Å²) in [4.78, 5) is 6.50. The number of sulfonamides is 1. The Balaban J connectivity index is 2.12. The van der Waals surface area contributed by atoms with Crippen molar-refractivity contribution < 1.29 is 8.42 Å². The summed E-state index contributed by atoms with van der Waals surface area (Å²) in [5.41, 5.74) is 5.56. The third kappa shape index (κ3) is 2.33. The minimum absolute atomic E-state index is 0.215. The Morgan fingerprint density at radius 2 is 2.11 bits per heavy atom. The van der Waals surface area contributed by atoms with Crippen molar-refractivity contribution in [2.45, 2.75) is 4.90 Å². The highest BCUT2D eigenvalue weighted by Gasteiger charge is 2.26. The average molecular weight is 270 g/mol. The fraction of sp³-hybridized carbons (Fsp3) is 0.545. The number of hydrogen-bond donors (Lipinski definition) is 1. The van der Waals surface area contributed by atoms with Crippen molar-refractivity contribution in [2.24, 2.45) is 11.7 Å². The van der Waals surface area contributed by atoms with Crippen LogP contribution in [0.2, 0.25) is 0 Å². The summed E-state index contributed by atoms with van der Waals surface area (Å²) >= 11 is 0. The molecule has 0 bridgehead atoms. The monoisotopic (exact) mass is 270 g/mol. The van der Waals surface area contributed by atoms with E-state index in [4.69, 9.17) is 5.73 Å². The summed E-state index contributed by atoms with van der Waals surface area (Å²) in [6.45, 7) is 2.47. The quantitative estimate of drug-likeness (QED) is 0.814. The molecule has 0 spiro atoms. The van der Waals surface area contributed by atoms with Gasteiger partial charge in [0.15, 0.2) is 0 Å². The van der Waals surface area contributed by atoms with Crippen LogP contribution in [0.5, 0.6) is 0 Å². The number of aromatic nitrogens is 1. The maximum absolute atomic E-state index is 11.9. The molecule has 0 amide bonds. The summed E-state index contributed by atoms with van der Waals surface area (Å²) in [7, 11) is -0.382. The largest absolute Gasteiger partial charge is 0.356 e. The van der Waals surface area contributed by atoms with Gasteiger partial charge in [0.25, 0.3) is 0 Å². The van der Waals surface area contributed by atoms with E-state index in [9.17, 15) is 8.42 Å². The van der Waals surface area contributed by atoms with Crippen LogP contribution < -0.4 is 10.6 Å². The van der Waals surface area contributed by atoms with Gasteiger partial charge in [0.2, 0.25) is 10.0 Å². The lowest BCUT2D eigenvalue weighted by molar-refractivity contribution is 0.417.